The zero-order valence-electron chi connectivity index (χ0n) is 10.4. The van der Waals surface area contributed by atoms with Crippen LogP contribution in [0.1, 0.15) is 45.4 Å². The topological polar surface area (TPSA) is 35.0 Å². The smallest absolute Gasteiger partial charge is 0.218 e. The largest absolute Gasteiger partial charge is 0.474 e. The highest BCUT2D eigenvalue weighted by Crippen LogP contribution is 2.28. The molecule has 0 spiro atoms. The second-order valence-corrected chi connectivity index (χ2v) is 5.53. The first-order valence-electron chi connectivity index (χ1n) is 6.39. The molecule has 94 valence electrons. The predicted octanol–water partition coefficient (Wildman–Crippen LogP) is 3.76. The van der Waals surface area contributed by atoms with Gasteiger partial charge in [0, 0.05) is 12.5 Å². The van der Waals surface area contributed by atoms with Crippen molar-refractivity contribution in [2.75, 3.05) is 0 Å². The van der Waals surface area contributed by atoms with Crippen molar-refractivity contribution < 1.29 is 4.74 Å². The normalized spacial score (nSPS) is 24.6. The summed E-state index contributed by atoms with van der Waals surface area (Å²) in [6.45, 7) is 4.32. The van der Waals surface area contributed by atoms with Gasteiger partial charge in [0.15, 0.2) is 0 Å². The molecule has 0 aromatic carbocycles. The molecule has 0 amide bonds. The quantitative estimate of drug-likeness (QED) is 0.797. The van der Waals surface area contributed by atoms with Gasteiger partial charge in [-0.25, -0.2) is 4.98 Å². The lowest BCUT2D eigenvalue weighted by molar-refractivity contribution is 0.0970. The maximum atomic E-state index is 6.01. The minimum Gasteiger partial charge on any atom is -0.474 e. The van der Waals surface area contributed by atoms with E-state index in [2.05, 4.69) is 39.7 Å². The number of nitrogens with zero attached hydrogens (tertiary/aromatic N) is 2. The van der Waals surface area contributed by atoms with Gasteiger partial charge in [0.1, 0.15) is 16.5 Å². The Morgan fingerprint density at radius 3 is 2.82 bits per heavy atom. The molecule has 0 saturated heterocycles. The molecule has 1 heterocycles. The van der Waals surface area contributed by atoms with Crippen LogP contribution in [0, 0.1) is 5.92 Å². The molecule has 0 bridgehead atoms. The van der Waals surface area contributed by atoms with Gasteiger partial charge in [0.05, 0.1) is 0 Å². The Morgan fingerprint density at radius 2 is 2.12 bits per heavy atom. The number of ether oxygens (including phenoxy) is 1. The molecule has 0 N–H and O–H groups in total. The number of rotatable bonds is 3. The van der Waals surface area contributed by atoms with Gasteiger partial charge in [-0.15, -0.1) is 0 Å². The van der Waals surface area contributed by atoms with E-state index in [0.717, 1.165) is 23.3 Å². The van der Waals surface area contributed by atoms with E-state index in [4.69, 9.17) is 4.74 Å². The van der Waals surface area contributed by atoms with Crippen LogP contribution < -0.4 is 4.74 Å². The molecule has 1 saturated carbocycles. The lowest BCUT2D eigenvalue weighted by Gasteiger charge is -2.28. The Labute approximate surface area is 111 Å². The highest BCUT2D eigenvalue weighted by Gasteiger charge is 2.23. The van der Waals surface area contributed by atoms with E-state index in [1.807, 2.05) is 6.07 Å². The van der Waals surface area contributed by atoms with Gasteiger partial charge >= 0.3 is 0 Å². The minimum absolute atomic E-state index is 0.315. The van der Waals surface area contributed by atoms with Crippen LogP contribution in [0.25, 0.3) is 0 Å². The first-order chi connectivity index (χ1) is 8.19. The Bertz CT molecular complexity index is 384. The average molecular weight is 299 g/mol. The first kappa shape index (κ1) is 12.8. The number of halogens is 1. The van der Waals surface area contributed by atoms with Gasteiger partial charge < -0.3 is 4.74 Å². The van der Waals surface area contributed by atoms with Crippen molar-refractivity contribution in [3.63, 3.8) is 0 Å². The third-order valence-electron chi connectivity index (χ3n) is 3.34. The van der Waals surface area contributed by atoms with Crippen LogP contribution in [0.2, 0.25) is 0 Å². The highest BCUT2D eigenvalue weighted by atomic mass is 79.9. The molecular weight excluding hydrogens is 280 g/mol. The maximum Gasteiger partial charge on any atom is 0.218 e. The molecule has 4 heteroatoms. The number of hydrogen-bond acceptors (Lipinski definition) is 3. The molecule has 1 aliphatic rings. The lowest BCUT2D eigenvalue weighted by atomic mass is 9.88. The summed E-state index contributed by atoms with van der Waals surface area (Å²) >= 11 is 3.40. The van der Waals surface area contributed by atoms with Crippen molar-refractivity contribution in [1.82, 2.24) is 9.97 Å². The van der Waals surface area contributed by atoms with Gasteiger partial charge in [-0.05, 0) is 41.1 Å². The number of hydrogen-bond donors (Lipinski definition) is 0. The second-order valence-electron chi connectivity index (χ2n) is 4.72. The van der Waals surface area contributed by atoms with Gasteiger partial charge in [-0.2, -0.15) is 4.98 Å². The molecule has 1 aromatic heterocycles. The van der Waals surface area contributed by atoms with Crippen molar-refractivity contribution >= 4 is 15.9 Å². The van der Waals surface area contributed by atoms with Crippen LogP contribution in [-0.2, 0) is 6.42 Å². The number of aromatic nitrogens is 2. The Hall–Kier alpha value is -0.640. The summed E-state index contributed by atoms with van der Waals surface area (Å²) < 4.78 is 6.82. The summed E-state index contributed by atoms with van der Waals surface area (Å²) in [4.78, 5) is 8.71. The zero-order valence-corrected chi connectivity index (χ0v) is 12.0. The van der Waals surface area contributed by atoms with Gasteiger partial charge in [-0.1, -0.05) is 20.3 Å². The third kappa shape index (κ3) is 3.41. The molecule has 2 unspecified atom stereocenters. The van der Waals surface area contributed by atoms with E-state index >= 15 is 0 Å². The third-order valence-corrected chi connectivity index (χ3v) is 3.75. The molecule has 3 nitrogen and oxygen atoms in total. The summed E-state index contributed by atoms with van der Waals surface area (Å²) in [5, 5.41) is 0. The van der Waals surface area contributed by atoms with Crippen molar-refractivity contribution in [1.29, 1.82) is 0 Å². The fourth-order valence-corrected chi connectivity index (χ4v) is 2.67. The van der Waals surface area contributed by atoms with Crippen LogP contribution >= 0.6 is 15.9 Å². The lowest BCUT2D eigenvalue weighted by Crippen LogP contribution is -2.28. The van der Waals surface area contributed by atoms with Gasteiger partial charge in [-0.3, -0.25) is 0 Å². The van der Waals surface area contributed by atoms with E-state index < -0.39 is 0 Å². The van der Waals surface area contributed by atoms with Crippen LogP contribution in [0.3, 0.4) is 0 Å². The van der Waals surface area contributed by atoms with Crippen LogP contribution in [0.15, 0.2) is 10.7 Å². The average Bonchev–Trinajstić information content (AvgIpc) is 2.31. The fourth-order valence-electron chi connectivity index (χ4n) is 2.27. The molecule has 17 heavy (non-hydrogen) atoms. The molecule has 1 aromatic rings. The minimum atomic E-state index is 0.315. The van der Waals surface area contributed by atoms with E-state index in [-0.39, 0.29) is 0 Å². The molecule has 0 radical (unpaired) electrons. The fraction of sp³-hybridized carbons (Fsp3) is 0.692. The van der Waals surface area contributed by atoms with Crippen molar-refractivity contribution in [2.24, 2.45) is 5.92 Å². The monoisotopic (exact) mass is 298 g/mol. The number of aryl methyl sites for hydroxylation is 1. The summed E-state index contributed by atoms with van der Waals surface area (Å²) in [5.41, 5.74) is 0. The van der Waals surface area contributed by atoms with Crippen LogP contribution in [0.4, 0.5) is 0 Å². The van der Waals surface area contributed by atoms with Crippen molar-refractivity contribution in [3.05, 3.63) is 16.5 Å². The van der Waals surface area contributed by atoms with Crippen molar-refractivity contribution in [3.8, 4) is 5.88 Å². The Morgan fingerprint density at radius 1 is 1.35 bits per heavy atom. The summed E-state index contributed by atoms with van der Waals surface area (Å²) in [6, 6.07) is 1.86. The molecule has 2 atom stereocenters. The maximum absolute atomic E-state index is 6.01. The summed E-state index contributed by atoms with van der Waals surface area (Å²) in [7, 11) is 0. The van der Waals surface area contributed by atoms with Gasteiger partial charge in [0.25, 0.3) is 0 Å². The second kappa shape index (κ2) is 5.80. The first-order valence-corrected chi connectivity index (χ1v) is 7.18. The van der Waals surface area contributed by atoms with E-state index in [0.29, 0.717) is 17.9 Å². The Kier molecular flexibility index (Phi) is 4.37. The molecular formula is C13H19BrN2O. The standard InChI is InChI=1S/C13H19BrN2O/c1-3-12-15-11(14)8-13(16-12)17-10-7-5-4-6-9(10)2/h8-10H,3-7H2,1-2H3. The van der Waals surface area contributed by atoms with Crippen molar-refractivity contribution in [2.45, 2.75) is 52.1 Å². The molecule has 1 aliphatic carbocycles. The zero-order chi connectivity index (χ0) is 12.3. The van der Waals surface area contributed by atoms with Gasteiger partial charge in [0.2, 0.25) is 5.88 Å². The molecule has 1 fully saturated rings. The predicted molar refractivity (Wildman–Crippen MR) is 71.2 cm³/mol. The molecule has 0 aliphatic heterocycles. The van der Waals surface area contributed by atoms with E-state index in [1.165, 1.54) is 19.3 Å². The summed E-state index contributed by atoms with van der Waals surface area (Å²) in [6.07, 6.45) is 6.14. The summed E-state index contributed by atoms with van der Waals surface area (Å²) in [5.74, 6) is 2.17. The van der Waals surface area contributed by atoms with Crippen LogP contribution in [0.5, 0.6) is 5.88 Å². The SMILES string of the molecule is CCc1nc(Br)cc(OC2CCCCC2C)n1. The van der Waals surface area contributed by atoms with Crippen LogP contribution in [-0.4, -0.2) is 16.1 Å². The van der Waals surface area contributed by atoms with E-state index in [1.54, 1.807) is 0 Å². The Balaban J connectivity index is 2.09. The highest BCUT2D eigenvalue weighted by molar-refractivity contribution is 9.10. The molecule has 2 rings (SSSR count). The van der Waals surface area contributed by atoms with E-state index in [9.17, 15) is 0 Å².